The molecular weight excluding hydrogens is 282 g/mol. The van der Waals surface area contributed by atoms with Gasteiger partial charge >= 0.3 is 6.09 Å². The molecule has 0 aromatic heterocycles. The number of hydrogen-bond donors (Lipinski definition) is 0. The third kappa shape index (κ3) is 3.75. The number of carbonyl (C=O) groups is 1. The standard InChI is InChI=1S/C17H21NO4/c1-3-21-16-13(2)18(10-9-15(16)11-19)17(20)22-12-14-7-5-4-6-8-14/h4-8,13,16H,3,9-10,12H2,1-2H3. The zero-order valence-corrected chi connectivity index (χ0v) is 13.0. The van der Waals surface area contributed by atoms with Gasteiger partial charge in [-0.2, -0.15) is 0 Å². The molecule has 1 heterocycles. The second kappa shape index (κ2) is 7.78. The zero-order chi connectivity index (χ0) is 15.9. The van der Waals surface area contributed by atoms with Gasteiger partial charge in [0, 0.05) is 18.7 Å². The maximum Gasteiger partial charge on any atom is 0.410 e. The highest BCUT2D eigenvalue weighted by molar-refractivity contribution is 5.69. The van der Waals surface area contributed by atoms with Crippen molar-refractivity contribution in [2.75, 3.05) is 13.2 Å². The van der Waals surface area contributed by atoms with Gasteiger partial charge < -0.3 is 14.4 Å². The highest BCUT2D eigenvalue weighted by Crippen LogP contribution is 2.24. The van der Waals surface area contributed by atoms with Gasteiger partial charge in [-0.05, 0) is 25.8 Å². The zero-order valence-electron chi connectivity index (χ0n) is 13.0. The van der Waals surface area contributed by atoms with Crippen molar-refractivity contribution in [1.29, 1.82) is 0 Å². The highest BCUT2D eigenvalue weighted by atomic mass is 16.6. The minimum Gasteiger partial charge on any atom is -0.445 e. The molecule has 2 rings (SSSR count). The van der Waals surface area contributed by atoms with Crippen LogP contribution >= 0.6 is 0 Å². The second-order valence-electron chi connectivity index (χ2n) is 5.23. The Labute approximate surface area is 130 Å². The van der Waals surface area contributed by atoms with E-state index < -0.39 is 6.10 Å². The molecule has 5 nitrogen and oxygen atoms in total. The molecule has 0 aliphatic carbocycles. The summed E-state index contributed by atoms with van der Waals surface area (Å²) in [6.07, 6.45) is -0.314. The van der Waals surface area contributed by atoms with Gasteiger partial charge in [0.05, 0.1) is 6.04 Å². The number of carbonyl (C=O) groups excluding carboxylic acids is 2. The van der Waals surface area contributed by atoms with Crippen LogP contribution in [0.2, 0.25) is 0 Å². The molecular formula is C17H21NO4. The summed E-state index contributed by atoms with van der Waals surface area (Å²) in [4.78, 5) is 24.9. The lowest BCUT2D eigenvalue weighted by Crippen LogP contribution is -2.51. The van der Waals surface area contributed by atoms with Crippen molar-refractivity contribution in [2.24, 2.45) is 0 Å². The monoisotopic (exact) mass is 303 g/mol. The summed E-state index contributed by atoms with van der Waals surface area (Å²) in [7, 11) is 0. The van der Waals surface area contributed by atoms with E-state index in [1.807, 2.05) is 50.1 Å². The van der Waals surface area contributed by atoms with E-state index in [2.05, 4.69) is 0 Å². The van der Waals surface area contributed by atoms with Crippen LogP contribution in [-0.2, 0) is 20.9 Å². The van der Waals surface area contributed by atoms with Gasteiger partial charge in [0.2, 0.25) is 0 Å². The molecule has 1 aromatic carbocycles. The third-order valence-corrected chi connectivity index (χ3v) is 3.81. The van der Waals surface area contributed by atoms with Crippen molar-refractivity contribution < 1.29 is 19.1 Å². The Balaban J connectivity index is 1.99. The Morgan fingerprint density at radius 1 is 1.36 bits per heavy atom. The molecule has 5 heteroatoms. The first kappa shape index (κ1) is 16.3. The fraction of sp³-hybridized carbons (Fsp3) is 0.471. The molecule has 1 aromatic rings. The summed E-state index contributed by atoms with van der Waals surface area (Å²) in [6.45, 7) is 4.89. The summed E-state index contributed by atoms with van der Waals surface area (Å²) < 4.78 is 10.9. The number of rotatable bonds is 4. The van der Waals surface area contributed by atoms with Crippen molar-refractivity contribution in [1.82, 2.24) is 4.90 Å². The van der Waals surface area contributed by atoms with Gasteiger partial charge in [-0.15, -0.1) is 0 Å². The van der Waals surface area contributed by atoms with Crippen LogP contribution in [0.5, 0.6) is 0 Å². The van der Waals surface area contributed by atoms with Crippen molar-refractivity contribution in [3.05, 3.63) is 41.5 Å². The Kier molecular flexibility index (Phi) is 5.75. The number of benzene rings is 1. The Bertz CT molecular complexity index is 551. The number of hydrogen-bond acceptors (Lipinski definition) is 4. The van der Waals surface area contributed by atoms with E-state index in [1.54, 1.807) is 4.90 Å². The van der Waals surface area contributed by atoms with Crippen LogP contribution in [0.25, 0.3) is 0 Å². The largest absolute Gasteiger partial charge is 0.445 e. The molecule has 2 atom stereocenters. The predicted octanol–water partition coefficient (Wildman–Crippen LogP) is 2.58. The van der Waals surface area contributed by atoms with Gasteiger partial charge in [0.15, 0.2) is 0 Å². The Morgan fingerprint density at radius 3 is 2.73 bits per heavy atom. The molecule has 0 saturated carbocycles. The highest BCUT2D eigenvalue weighted by Gasteiger charge is 2.36. The van der Waals surface area contributed by atoms with Gasteiger partial charge in [-0.25, -0.2) is 9.59 Å². The normalized spacial score (nSPS) is 21.4. The van der Waals surface area contributed by atoms with Crippen LogP contribution in [0.4, 0.5) is 4.79 Å². The first-order chi connectivity index (χ1) is 10.7. The lowest BCUT2D eigenvalue weighted by atomic mass is 9.95. The van der Waals surface area contributed by atoms with Crippen molar-refractivity contribution in [2.45, 2.75) is 39.0 Å². The van der Waals surface area contributed by atoms with E-state index in [9.17, 15) is 9.59 Å². The van der Waals surface area contributed by atoms with Crippen LogP contribution in [-0.4, -0.2) is 42.2 Å². The molecule has 22 heavy (non-hydrogen) atoms. The molecule has 1 saturated heterocycles. The van der Waals surface area contributed by atoms with Crippen LogP contribution in [0.3, 0.4) is 0 Å². The van der Waals surface area contributed by atoms with E-state index in [4.69, 9.17) is 9.47 Å². The van der Waals surface area contributed by atoms with E-state index in [0.717, 1.165) is 5.56 Å². The number of likely N-dealkylation sites (tertiary alicyclic amines) is 1. The molecule has 1 amide bonds. The maximum atomic E-state index is 12.3. The quantitative estimate of drug-likeness (QED) is 0.802. The van der Waals surface area contributed by atoms with Crippen molar-refractivity contribution in [3.63, 3.8) is 0 Å². The minimum absolute atomic E-state index is 0.235. The van der Waals surface area contributed by atoms with Crippen LogP contribution in [0.15, 0.2) is 35.9 Å². The number of piperidine rings is 1. The SMILES string of the molecule is CCOC1C(=C=O)CCN(C(=O)OCc2ccccc2)C1C. The maximum absolute atomic E-state index is 12.3. The summed E-state index contributed by atoms with van der Waals surface area (Å²) in [6, 6.07) is 9.29. The summed E-state index contributed by atoms with van der Waals surface area (Å²) in [5, 5.41) is 0. The smallest absolute Gasteiger partial charge is 0.410 e. The molecule has 0 spiro atoms. The lowest BCUT2D eigenvalue weighted by Gasteiger charge is -2.38. The first-order valence-corrected chi connectivity index (χ1v) is 7.50. The lowest BCUT2D eigenvalue weighted by molar-refractivity contribution is -0.00248. The number of nitrogens with zero attached hydrogens (tertiary/aromatic N) is 1. The summed E-state index contributed by atoms with van der Waals surface area (Å²) in [5.41, 5.74) is 1.52. The molecule has 1 fully saturated rings. The van der Waals surface area contributed by atoms with Gasteiger partial charge in [0.1, 0.15) is 18.7 Å². The average molecular weight is 303 g/mol. The van der Waals surface area contributed by atoms with E-state index in [0.29, 0.717) is 25.1 Å². The van der Waals surface area contributed by atoms with Crippen LogP contribution in [0, 0.1) is 0 Å². The van der Waals surface area contributed by atoms with Gasteiger partial charge in [-0.1, -0.05) is 30.3 Å². The Hall–Kier alpha value is -2.10. The predicted molar refractivity (Wildman–Crippen MR) is 82.0 cm³/mol. The fourth-order valence-electron chi connectivity index (χ4n) is 2.63. The number of ether oxygens (including phenoxy) is 2. The van der Waals surface area contributed by atoms with Crippen molar-refractivity contribution >= 4 is 12.0 Å². The molecule has 2 unspecified atom stereocenters. The minimum atomic E-state index is -0.402. The van der Waals surface area contributed by atoms with Crippen LogP contribution in [0.1, 0.15) is 25.8 Å². The molecule has 118 valence electrons. The summed E-state index contributed by atoms with van der Waals surface area (Å²) in [5.74, 6) is 1.95. The second-order valence-corrected chi connectivity index (χ2v) is 5.23. The Morgan fingerprint density at radius 2 is 2.09 bits per heavy atom. The van der Waals surface area contributed by atoms with Crippen LogP contribution < -0.4 is 0 Å². The van der Waals surface area contributed by atoms with E-state index >= 15 is 0 Å². The van der Waals surface area contributed by atoms with E-state index in [1.165, 1.54) is 0 Å². The summed E-state index contributed by atoms with van der Waals surface area (Å²) >= 11 is 0. The third-order valence-electron chi connectivity index (χ3n) is 3.81. The fourth-order valence-corrected chi connectivity index (χ4v) is 2.63. The van der Waals surface area contributed by atoms with Gasteiger partial charge in [-0.3, -0.25) is 0 Å². The molecule has 1 aliphatic rings. The molecule has 0 N–H and O–H groups in total. The van der Waals surface area contributed by atoms with E-state index in [-0.39, 0.29) is 18.7 Å². The molecule has 1 aliphatic heterocycles. The average Bonchev–Trinajstić information content (AvgIpc) is 2.55. The first-order valence-electron chi connectivity index (χ1n) is 7.50. The molecule has 0 bridgehead atoms. The van der Waals surface area contributed by atoms with Crippen molar-refractivity contribution in [3.8, 4) is 0 Å². The number of amides is 1. The topological polar surface area (TPSA) is 55.8 Å². The van der Waals surface area contributed by atoms with Gasteiger partial charge in [0.25, 0.3) is 0 Å². The molecule has 0 radical (unpaired) electrons.